The summed E-state index contributed by atoms with van der Waals surface area (Å²) in [5, 5.41) is 14.1. The summed E-state index contributed by atoms with van der Waals surface area (Å²) in [4.78, 5) is 12.6. The van der Waals surface area contributed by atoms with E-state index in [1.165, 1.54) is 0 Å². The number of nitrogens with one attached hydrogen (secondary N) is 1. The van der Waals surface area contributed by atoms with Crippen molar-refractivity contribution in [2.75, 3.05) is 26.9 Å². The van der Waals surface area contributed by atoms with Crippen molar-refractivity contribution >= 4 is 34.0 Å². The molecule has 0 bridgehead atoms. The number of rotatable bonds is 6. The maximum atomic E-state index is 12.6. The maximum Gasteiger partial charge on any atom is 0.352 e. The van der Waals surface area contributed by atoms with Crippen LogP contribution < -0.4 is 10.2 Å². The average Bonchev–Trinajstić information content (AvgIpc) is 3.33. The topological polar surface area (TPSA) is 76.0 Å². The molecule has 196 valence electrons. The molecule has 0 aliphatic carbocycles. The Balaban J connectivity index is 1.52. The first-order valence-electron chi connectivity index (χ1n) is 12.9. The molecule has 2 N–H and O–H groups in total. The Bertz CT molecular complexity index is 1370. The van der Waals surface area contributed by atoms with Gasteiger partial charge in [0.05, 0.1) is 30.5 Å². The Morgan fingerprint density at radius 2 is 2.03 bits per heavy atom. The molecule has 2 aliphatic rings. The van der Waals surface area contributed by atoms with Crippen molar-refractivity contribution in [3.63, 3.8) is 0 Å². The van der Waals surface area contributed by atoms with Crippen LogP contribution in [0.15, 0.2) is 36.0 Å². The molecule has 8 heteroatoms. The van der Waals surface area contributed by atoms with Gasteiger partial charge in [-0.15, -0.1) is 0 Å². The highest BCUT2D eigenvalue weighted by molar-refractivity contribution is 6.32. The standard InChI is InChI=1S/C29H34ClN3O4/c1-17-14-20(15-18(2)26(17)30)37-13-6-10-22-21-8-5-9-23-25-19(3)31-32(4)24(25)16-36-12-7-11-33(27(21)23)28(22)29(34)35/h5,8-9,14-15,19,31H,6-7,10-13,16H2,1-4H3,(H,34,35). The summed E-state index contributed by atoms with van der Waals surface area (Å²) in [7, 11) is 2.00. The number of hydrazine groups is 1. The van der Waals surface area contributed by atoms with Crippen LogP contribution >= 0.6 is 11.6 Å². The zero-order valence-electron chi connectivity index (χ0n) is 21.9. The number of halogens is 1. The Labute approximate surface area is 222 Å². The summed E-state index contributed by atoms with van der Waals surface area (Å²) in [5.74, 6) is -0.115. The first-order valence-corrected chi connectivity index (χ1v) is 13.2. The normalized spacial score (nSPS) is 17.9. The van der Waals surface area contributed by atoms with Gasteiger partial charge in [-0.25, -0.2) is 10.2 Å². The molecule has 1 unspecified atom stereocenters. The third kappa shape index (κ3) is 4.72. The summed E-state index contributed by atoms with van der Waals surface area (Å²) < 4.78 is 14.0. The number of nitrogens with zero attached hydrogens (tertiary/aromatic N) is 2. The van der Waals surface area contributed by atoms with Crippen LogP contribution in [0.5, 0.6) is 5.75 Å². The lowest BCUT2D eigenvalue weighted by molar-refractivity contribution is 0.0682. The van der Waals surface area contributed by atoms with Crippen molar-refractivity contribution in [3.05, 3.63) is 69.0 Å². The van der Waals surface area contributed by atoms with Crippen LogP contribution in [-0.4, -0.2) is 53.6 Å². The van der Waals surface area contributed by atoms with Gasteiger partial charge < -0.3 is 24.2 Å². The SMILES string of the molecule is Cc1cc(OCCCc2c(C(=O)O)n3c4c(cccc24)C2=C(COCCC3)N(C)NC2C)cc(C)c1Cl. The summed E-state index contributed by atoms with van der Waals surface area (Å²) >= 11 is 6.29. The fourth-order valence-corrected chi connectivity index (χ4v) is 5.88. The summed E-state index contributed by atoms with van der Waals surface area (Å²) in [6, 6.07) is 10.2. The van der Waals surface area contributed by atoms with Crippen LogP contribution in [0.1, 0.15) is 52.5 Å². The smallest absolute Gasteiger partial charge is 0.352 e. The molecule has 3 aromatic rings. The third-order valence-corrected chi connectivity index (χ3v) is 7.97. The molecule has 1 aromatic heterocycles. The second-order valence-corrected chi connectivity index (χ2v) is 10.4. The minimum Gasteiger partial charge on any atom is -0.494 e. The molecule has 1 atom stereocenters. The Kier molecular flexibility index (Phi) is 7.21. The predicted molar refractivity (Wildman–Crippen MR) is 146 cm³/mol. The zero-order chi connectivity index (χ0) is 26.3. The van der Waals surface area contributed by atoms with Gasteiger partial charge in [0.1, 0.15) is 11.4 Å². The van der Waals surface area contributed by atoms with E-state index < -0.39 is 5.97 Å². The highest BCUT2D eigenvalue weighted by Crippen LogP contribution is 2.38. The number of aryl methyl sites for hydroxylation is 4. The summed E-state index contributed by atoms with van der Waals surface area (Å²) in [6.07, 6.45) is 2.05. The van der Waals surface area contributed by atoms with Gasteiger partial charge in [-0.3, -0.25) is 0 Å². The van der Waals surface area contributed by atoms with Crippen LogP contribution in [-0.2, 0) is 17.7 Å². The molecule has 2 aromatic carbocycles. The first kappa shape index (κ1) is 25.6. The number of carboxylic acids is 1. The molecule has 0 radical (unpaired) electrons. The fourth-order valence-electron chi connectivity index (χ4n) is 5.77. The van der Waals surface area contributed by atoms with E-state index in [2.05, 4.69) is 24.5 Å². The van der Waals surface area contributed by atoms with E-state index in [-0.39, 0.29) is 6.04 Å². The molecule has 0 amide bonds. The molecule has 0 spiro atoms. The van der Waals surface area contributed by atoms with Crippen molar-refractivity contribution in [1.29, 1.82) is 0 Å². The molecule has 0 saturated carbocycles. The van der Waals surface area contributed by atoms with E-state index in [9.17, 15) is 9.90 Å². The van der Waals surface area contributed by atoms with E-state index in [0.29, 0.717) is 44.9 Å². The molecule has 0 saturated heterocycles. The third-order valence-electron chi connectivity index (χ3n) is 7.37. The van der Waals surface area contributed by atoms with Gasteiger partial charge in [0.15, 0.2) is 0 Å². The minimum absolute atomic E-state index is 0.0911. The van der Waals surface area contributed by atoms with Crippen molar-refractivity contribution < 1.29 is 19.4 Å². The second-order valence-electron chi connectivity index (χ2n) is 9.99. The van der Waals surface area contributed by atoms with Crippen molar-refractivity contribution in [2.24, 2.45) is 0 Å². The summed E-state index contributed by atoms with van der Waals surface area (Å²) in [6.45, 7) is 8.25. The quantitative estimate of drug-likeness (QED) is 0.410. The summed E-state index contributed by atoms with van der Waals surface area (Å²) in [5.41, 5.74) is 11.0. The monoisotopic (exact) mass is 523 g/mol. The maximum absolute atomic E-state index is 12.6. The van der Waals surface area contributed by atoms with Crippen LogP contribution in [0.25, 0.3) is 16.5 Å². The van der Waals surface area contributed by atoms with Gasteiger partial charge in [-0.1, -0.05) is 29.8 Å². The molecular weight excluding hydrogens is 490 g/mol. The van der Waals surface area contributed by atoms with Gasteiger partial charge in [0.2, 0.25) is 0 Å². The molecule has 7 nitrogen and oxygen atoms in total. The lowest BCUT2D eigenvalue weighted by Crippen LogP contribution is -2.33. The van der Waals surface area contributed by atoms with Gasteiger partial charge >= 0.3 is 5.97 Å². The number of carbonyl (C=O) groups is 1. The van der Waals surface area contributed by atoms with E-state index in [0.717, 1.165) is 61.6 Å². The van der Waals surface area contributed by atoms with Crippen LogP contribution in [0.4, 0.5) is 0 Å². The number of ether oxygens (including phenoxy) is 2. The number of carboxylic acid groups (broad SMARTS) is 1. The predicted octanol–water partition coefficient (Wildman–Crippen LogP) is 5.59. The van der Waals surface area contributed by atoms with Crippen molar-refractivity contribution in [1.82, 2.24) is 15.0 Å². The first-order chi connectivity index (χ1) is 17.8. The Hall–Kier alpha value is -3.00. The van der Waals surface area contributed by atoms with Gasteiger partial charge in [-0.05, 0) is 68.9 Å². The van der Waals surface area contributed by atoms with E-state index in [1.807, 2.05) is 48.7 Å². The highest BCUT2D eigenvalue weighted by Gasteiger charge is 2.31. The van der Waals surface area contributed by atoms with Crippen molar-refractivity contribution in [3.8, 4) is 5.75 Å². The molecule has 37 heavy (non-hydrogen) atoms. The van der Waals surface area contributed by atoms with E-state index in [1.54, 1.807) is 0 Å². The highest BCUT2D eigenvalue weighted by atomic mass is 35.5. The lowest BCUT2D eigenvalue weighted by Gasteiger charge is -2.19. The number of hydrogen-bond acceptors (Lipinski definition) is 5. The number of benzene rings is 2. The molecule has 2 aliphatic heterocycles. The van der Waals surface area contributed by atoms with Crippen molar-refractivity contribution in [2.45, 2.75) is 52.6 Å². The fraction of sp³-hybridized carbons (Fsp3) is 0.414. The minimum atomic E-state index is -0.899. The van der Waals surface area contributed by atoms with Crippen LogP contribution in [0.2, 0.25) is 5.02 Å². The number of aromatic nitrogens is 1. The van der Waals surface area contributed by atoms with Crippen LogP contribution in [0, 0.1) is 13.8 Å². The second kappa shape index (κ2) is 10.4. The number of likely N-dealkylation sites (N-methyl/N-ethyl adjacent to an activating group) is 1. The average molecular weight is 524 g/mol. The van der Waals surface area contributed by atoms with E-state index in [4.69, 9.17) is 21.1 Å². The number of aromatic carboxylic acids is 1. The van der Waals surface area contributed by atoms with Gasteiger partial charge in [-0.2, -0.15) is 0 Å². The number of fused-ring (bicyclic) bond motifs is 1. The molecule has 3 heterocycles. The van der Waals surface area contributed by atoms with E-state index >= 15 is 0 Å². The Morgan fingerprint density at radius 1 is 1.27 bits per heavy atom. The lowest BCUT2D eigenvalue weighted by atomic mass is 9.95. The van der Waals surface area contributed by atoms with Gasteiger partial charge in [0, 0.05) is 41.7 Å². The molecule has 0 fully saturated rings. The largest absolute Gasteiger partial charge is 0.494 e. The number of para-hydroxylation sites is 1. The Morgan fingerprint density at radius 3 is 2.76 bits per heavy atom. The number of hydrogen-bond donors (Lipinski definition) is 2. The van der Waals surface area contributed by atoms with Gasteiger partial charge in [0.25, 0.3) is 0 Å². The zero-order valence-corrected chi connectivity index (χ0v) is 22.6. The van der Waals surface area contributed by atoms with Crippen LogP contribution in [0.3, 0.4) is 0 Å². The molecular formula is C29H34ClN3O4. The molecule has 5 rings (SSSR count).